The SMILES string of the molecule is Cc1ccc(CNC(=O)COc2ccccc2I)cc1F. The molecule has 0 aliphatic carbocycles. The Morgan fingerprint density at radius 1 is 1.29 bits per heavy atom. The molecule has 3 nitrogen and oxygen atoms in total. The zero-order valence-electron chi connectivity index (χ0n) is 11.5. The van der Waals surface area contributed by atoms with Crippen molar-refractivity contribution in [3.63, 3.8) is 0 Å². The molecule has 2 aromatic carbocycles. The summed E-state index contributed by atoms with van der Waals surface area (Å²) >= 11 is 2.15. The molecule has 2 aromatic rings. The van der Waals surface area contributed by atoms with Crippen LogP contribution in [0.1, 0.15) is 11.1 Å². The topological polar surface area (TPSA) is 38.3 Å². The minimum atomic E-state index is -0.267. The Labute approximate surface area is 136 Å². The summed E-state index contributed by atoms with van der Waals surface area (Å²) in [5, 5.41) is 2.70. The van der Waals surface area contributed by atoms with Crippen molar-refractivity contribution in [2.45, 2.75) is 13.5 Å². The van der Waals surface area contributed by atoms with E-state index in [1.54, 1.807) is 19.1 Å². The van der Waals surface area contributed by atoms with E-state index in [9.17, 15) is 9.18 Å². The molecule has 0 atom stereocenters. The second kappa shape index (κ2) is 7.40. The third kappa shape index (κ3) is 4.70. The van der Waals surface area contributed by atoms with Crippen molar-refractivity contribution in [1.82, 2.24) is 5.32 Å². The minimum Gasteiger partial charge on any atom is -0.483 e. The van der Waals surface area contributed by atoms with Crippen LogP contribution in [0.25, 0.3) is 0 Å². The molecule has 5 heteroatoms. The lowest BCUT2D eigenvalue weighted by atomic mass is 10.1. The molecule has 21 heavy (non-hydrogen) atoms. The molecule has 110 valence electrons. The number of amides is 1. The van der Waals surface area contributed by atoms with E-state index in [0.29, 0.717) is 11.3 Å². The molecule has 1 N–H and O–H groups in total. The van der Waals surface area contributed by atoms with Gasteiger partial charge in [-0.1, -0.05) is 24.3 Å². The lowest BCUT2D eigenvalue weighted by molar-refractivity contribution is -0.123. The lowest BCUT2D eigenvalue weighted by Gasteiger charge is -2.09. The maximum absolute atomic E-state index is 13.4. The largest absolute Gasteiger partial charge is 0.483 e. The number of nitrogens with one attached hydrogen (secondary N) is 1. The van der Waals surface area contributed by atoms with Gasteiger partial charge in [-0.15, -0.1) is 0 Å². The number of hydrogen-bond donors (Lipinski definition) is 1. The fourth-order valence-corrected chi connectivity index (χ4v) is 2.25. The molecular formula is C16H15FINO2. The first kappa shape index (κ1) is 15.8. The molecule has 0 saturated heterocycles. The van der Waals surface area contributed by atoms with E-state index in [2.05, 4.69) is 27.9 Å². The van der Waals surface area contributed by atoms with Gasteiger partial charge in [0.05, 0.1) is 3.57 Å². The van der Waals surface area contributed by atoms with E-state index in [0.717, 1.165) is 9.13 Å². The van der Waals surface area contributed by atoms with Crippen LogP contribution >= 0.6 is 22.6 Å². The van der Waals surface area contributed by atoms with Crippen LogP contribution in [-0.2, 0) is 11.3 Å². The zero-order valence-corrected chi connectivity index (χ0v) is 13.7. The number of carbonyl (C=O) groups is 1. The van der Waals surface area contributed by atoms with Gasteiger partial charge in [0.15, 0.2) is 6.61 Å². The summed E-state index contributed by atoms with van der Waals surface area (Å²) in [5.74, 6) is 0.169. The van der Waals surface area contributed by atoms with Crippen molar-refractivity contribution in [1.29, 1.82) is 0 Å². The molecule has 0 aromatic heterocycles. The molecular weight excluding hydrogens is 384 g/mol. The number of rotatable bonds is 5. The Balaban J connectivity index is 1.82. The quantitative estimate of drug-likeness (QED) is 0.783. The summed E-state index contributed by atoms with van der Waals surface area (Å²) < 4.78 is 19.8. The van der Waals surface area contributed by atoms with Gasteiger partial charge in [0, 0.05) is 6.54 Å². The summed E-state index contributed by atoms with van der Waals surface area (Å²) in [4.78, 5) is 11.7. The van der Waals surface area contributed by atoms with Gasteiger partial charge in [0.2, 0.25) is 0 Å². The van der Waals surface area contributed by atoms with Crippen LogP contribution in [0.4, 0.5) is 4.39 Å². The highest BCUT2D eigenvalue weighted by Crippen LogP contribution is 2.19. The molecule has 0 fully saturated rings. The first-order chi connectivity index (χ1) is 10.1. The fourth-order valence-electron chi connectivity index (χ4n) is 1.70. The number of hydrogen-bond acceptors (Lipinski definition) is 2. The Bertz CT molecular complexity index is 646. The molecule has 0 heterocycles. The minimum absolute atomic E-state index is 0.0612. The average Bonchev–Trinajstić information content (AvgIpc) is 2.47. The normalized spacial score (nSPS) is 10.2. The van der Waals surface area contributed by atoms with Crippen LogP contribution in [0.3, 0.4) is 0 Å². The van der Waals surface area contributed by atoms with Gasteiger partial charge in [-0.25, -0.2) is 4.39 Å². The highest BCUT2D eigenvalue weighted by Gasteiger charge is 2.06. The number of benzene rings is 2. The third-order valence-corrected chi connectivity index (χ3v) is 3.81. The second-order valence-electron chi connectivity index (χ2n) is 4.58. The first-order valence-electron chi connectivity index (χ1n) is 6.45. The second-order valence-corrected chi connectivity index (χ2v) is 5.74. The molecule has 0 unspecified atom stereocenters. The van der Waals surface area contributed by atoms with Crippen LogP contribution in [0.5, 0.6) is 5.75 Å². The molecule has 0 aliphatic heterocycles. The predicted molar refractivity (Wildman–Crippen MR) is 87.6 cm³/mol. The van der Waals surface area contributed by atoms with E-state index in [1.165, 1.54) is 6.07 Å². The van der Waals surface area contributed by atoms with Gasteiger partial charge in [-0.3, -0.25) is 4.79 Å². The Hall–Kier alpha value is -1.63. The summed E-state index contributed by atoms with van der Waals surface area (Å²) in [7, 11) is 0. The molecule has 0 bridgehead atoms. The maximum atomic E-state index is 13.4. The molecule has 0 radical (unpaired) electrons. The molecule has 1 amide bonds. The van der Waals surface area contributed by atoms with Crippen LogP contribution in [0, 0.1) is 16.3 Å². The molecule has 0 spiro atoms. The number of para-hydroxylation sites is 1. The van der Waals surface area contributed by atoms with E-state index in [1.807, 2.05) is 24.3 Å². The van der Waals surface area contributed by atoms with E-state index in [4.69, 9.17) is 4.74 Å². The van der Waals surface area contributed by atoms with Crippen molar-refractivity contribution in [3.8, 4) is 5.75 Å². The fraction of sp³-hybridized carbons (Fsp3) is 0.188. The van der Waals surface area contributed by atoms with E-state index >= 15 is 0 Å². The Morgan fingerprint density at radius 3 is 2.76 bits per heavy atom. The van der Waals surface area contributed by atoms with Crippen LogP contribution < -0.4 is 10.1 Å². The monoisotopic (exact) mass is 399 g/mol. The van der Waals surface area contributed by atoms with Crippen molar-refractivity contribution in [3.05, 3.63) is 63.0 Å². The Morgan fingerprint density at radius 2 is 2.05 bits per heavy atom. The number of ether oxygens (including phenoxy) is 1. The van der Waals surface area contributed by atoms with Crippen molar-refractivity contribution in [2.75, 3.05) is 6.61 Å². The molecule has 2 rings (SSSR count). The highest BCUT2D eigenvalue weighted by atomic mass is 127. The van der Waals surface area contributed by atoms with Crippen molar-refractivity contribution < 1.29 is 13.9 Å². The first-order valence-corrected chi connectivity index (χ1v) is 7.53. The van der Waals surface area contributed by atoms with Crippen molar-refractivity contribution in [2.24, 2.45) is 0 Å². The summed E-state index contributed by atoms with van der Waals surface area (Å²) in [6.45, 7) is 1.92. The maximum Gasteiger partial charge on any atom is 0.258 e. The third-order valence-electron chi connectivity index (χ3n) is 2.92. The van der Waals surface area contributed by atoms with Crippen LogP contribution in [0.15, 0.2) is 42.5 Å². The summed E-state index contributed by atoms with van der Waals surface area (Å²) in [5.41, 5.74) is 1.31. The smallest absolute Gasteiger partial charge is 0.258 e. The highest BCUT2D eigenvalue weighted by molar-refractivity contribution is 14.1. The standard InChI is InChI=1S/C16H15FINO2/c1-11-6-7-12(8-13(11)17)9-19-16(20)10-21-15-5-3-2-4-14(15)18/h2-8H,9-10H2,1H3,(H,19,20). The molecule has 0 aliphatic rings. The zero-order chi connectivity index (χ0) is 15.2. The van der Waals surface area contributed by atoms with E-state index in [-0.39, 0.29) is 24.9 Å². The summed E-state index contributed by atoms with van der Waals surface area (Å²) in [6.07, 6.45) is 0. The van der Waals surface area contributed by atoms with E-state index < -0.39 is 0 Å². The van der Waals surface area contributed by atoms with Gasteiger partial charge in [0.1, 0.15) is 11.6 Å². The average molecular weight is 399 g/mol. The van der Waals surface area contributed by atoms with Gasteiger partial charge in [0.25, 0.3) is 5.91 Å². The lowest BCUT2D eigenvalue weighted by Crippen LogP contribution is -2.28. The van der Waals surface area contributed by atoms with Crippen LogP contribution in [-0.4, -0.2) is 12.5 Å². The summed E-state index contributed by atoms with van der Waals surface area (Å²) in [6, 6.07) is 12.4. The number of halogens is 2. The van der Waals surface area contributed by atoms with Gasteiger partial charge in [-0.05, 0) is 58.8 Å². The van der Waals surface area contributed by atoms with Crippen LogP contribution in [0.2, 0.25) is 0 Å². The van der Waals surface area contributed by atoms with Gasteiger partial charge in [-0.2, -0.15) is 0 Å². The predicted octanol–water partition coefficient (Wildman–Crippen LogP) is 3.43. The van der Waals surface area contributed by atoms with Gasteiger partial charge >= 0.3 is 0 Å². The van der Waals surface area contributed by atoms with Gasteiger partial charge < -0.3 is 10.1 Å². The van der Waals surface area contributed by atoms with Crippen molar-refractivity contribution >= 4 is 28.5 Å². The number of carbonyl (C=O) groups excluding carboxylic acids is 1. The number of aryl methyl sites for hydroxylation is 1. The molecule has 0 saturated carbocycles. The Kier molecular flexibility index (Phi) is 5.55.